The van der Waals surface area contributed by atoms with Gasteiger partial charge in [-0.25, -0.2) is 14.6 Å². The molecule has 1 aliphatic rings. The highest BCUT2D eigenvalue weighted by atomic mass is 16.4. The van der Waals surface area contributed by atoms with E-state index in [-0.39, 0.29) is 5.56 Å². The Bertz CT molecular complexity index is 1620. The topological polar surface area (TPSA) is 97.4 Å². The number of carbonyl (C=O) groups is 1. The fourth-order valence-electron chi connectivity index (χ4n) is 4.70. The van der Waals surface area contributed by atoms with E-state index in [1.807, 2.05) is 36.4 Å². The molecule has 35 heavy (non-hydrogen) atoms. The van der Waals surface area contributed by atoms with Crippen LogP contribution in [0.5, 0.6) is 0 Å². The van der Waals surface area contributed by atoms with Crippen LogP contribution in [0.25, 0.3) is 22.6 Å². The molecule has 0 saturated heterocycles. The molecule has 0 spiro atoms. The Balaban J connectivity index is 1.74. The predicted molar refractivity (Wildman–Crippen MR) is 134 cm³/mol. The summed E-state index contributed by atoms with van der Waals surface area (Å²) >= 11 is 0. The SMILES string of the molecule is Cn1cc(/C=C2\CN(Cc3ccccc3)Cc3c2nc2ccccc2c3C(=O)O)c(=O)n(C)c1=O. The molecule has 2 aromatic heterocycles. The summed E-state index contributed by atoms with van der Waals surface area (Å²) in [5, 5.41) is 10.8. The van der Waals surface area contributed by atoms with E-state index in [4.69, 9.17) is 4.98 Å². The van der Waals surface area contributed by atoms with E-state index < -0.39 is 17.2 Å². The standard InChI is InChI=1S/C27H24N4O4/c1-29-14-19(25(32)30(2)27(29)35)12-18-15-31(13-17-8-4-3-5-9-17)16-21-23(26(33)34)20-10-6-7-11-22(20)28-24(18)21/h3-12,14H,13,15-16H2,1-2H3,(H,33,34)/b18-12+. The van der Waals surface area contributed by atoms with E-state index in [1.54, 1.807) is 31.3 Å². The molecule has 176 valence electrons. The van der Waals surface area contributed by atoms with Gasteiger partial charge in [-0.3, -0.25) is 14.3 Å². The van der Waals surface area contributed by atoms with Gasteiger partial charge < -0.3 is 9.67 Å². The highest BCUT2D eigenvalue weighted by Gasteiger charge is 2.29. The normalized spacial score (nSPS) is 14.9. The number of hydrogen-bond acceptors (Lipinski definition) is 5. The smallest absolute Gasteiger partial charge is 0.336 e. The minimum Gasteiger partial charge on any atom is -0.478 e. The first kappa shape index (κ1) is 22.5. The van der Waals surface area contributed by atoms with E-state index in [0.717, 1.165) is 15.7 Å². The summed E-state index contributed by atoms with van der Waals surface area (Å²) < 4.78 is 2.42. The van der Waals surface area contributed by atoms with Crippen molar-refractivity contribution >= 4 is 28.5 Å². The zero-order valence-electron chi connectivity index (χ0n) is 19.4. The highest BCUT2D eigenvalue weighted by molar-refractivity contribution is 6.06. The van der Waals surface area contributed by atoms with Gasteiger partial charge in [-0.2, -0.15) is 0 Å². The number of hydrogen-bond donors (Lipinski definition) is 1. The van der Waals surface area contributed by atoms with E-state index in [2.05, 4.69) is 4.90 Å². The molecule has 8 nitrogen and oxygen atoms in total. The van der Waals surface area contributed by atoms with Crippen molar-refractivity contribution in [1.29, 1.82) is 0 Å². The summed E-state index contributed by atoms with van der Waals surface area (Å²) in [5.41, 5.74) is 3.33. The van der Waals surface area contributed by atoms with Crippen molar-refractivity contribution in [3.05, 3.63) is 110 Å². The van der Waals surface area contributed by atoms with Gasteiger partial charge in [-0.05, 0) is 23.3 Å². The molecule has 0 unspecified atom stereocenters. The molecule has 4 aromatic rings. The molecule has 8 heteroatoms. The van der Waals surface area contributed by atoms with Crippen molar-refractivity contribution in [2.75, 3.05) is 6.54 Å². The summed E-state index contributed by atoms with van der Waals surface area (Å²) in [5.74, 6) is -1.02. The Morgan fingerprint density at radius 1 is 1.03 bits per heavy atom. The van der Waals surface area contributed by atoms with Crippen LogP contribution in [0.4, 0.5) is 0 Å². The monoisotopic (exact) mass is 468 g/mol. The number of fused-ring (bicyclic) bond motifs is 2. The Morgan fingerprint density at radius 2 is 1.74 bits per heavy atom. The zero-order chi connectivity index (χ0) is 24.7. The fraction of sp³-hybridized carbons (Fsp3) is 0.185. The Hall–Kier alpha value is -4.30. The number of rotatable bonds is 4. The molecule has 2 aromatic carbocycles. The largest absolute Gasteiger partial charge is 0.478 e. The number of aromatic carboxylic acids is 1. The predicted octanol–water partition coefficient (Wildman–Crippen LogP) is 2.89. The second-order valence-corrected chi connectivity index (χ2v) is 8.78. The molecule has 0 atom stereocenters. The summed E-state index contributed by atoms with van der Waals surface area (Å²) in [6, 6.07) is 17.1. The van der Waals surface area contributed by atoms with E-state index in [0.29, 0.717) is 47.4 Å². The number of aromatic nitrogens is 3. The van der Waals surface area contributed by atoms with Crippen LogP contribution in [0.3, 0.4) is 0 Å². The molecule has 0 amide bonds. The van der Waals surface area contributed by atoms with Gasteiger partial charge in [0.05, 0.1) is 22.3 Å². The number of aryl methyl sites for hydroxylation is 1. The Morgan fingerprint density at radius 3 is 2.49 bits per heavy atom. The number of carboxylic acid groups (broad SMARTS) is 1. The van der Waals surface area contributed by atoms with Gasteiger partial charge in [0.2, 0.25) is 0 Å². The maximum absolute atomic E-state index is 12.9. The fourth-order valence-corrected chi connectivity index (χ4v) is 4.70. The Labute approximate surface area is 201 Å². The number of nitrogens with zero attached hydrogens (tertiary/aromatic N) is 4. The minimum atomic E-state index is -1.02. The molecule has 1 aliphatic heterocycles. The van der Waals surface area contributed by atoms with Crippen LogP contribution in [0.15, 0.2) is 70.4 Å². The number of benzene rings is 2. The van der Waals surface area contributed by atoms with Crippen molar-refractivity contribution in [3.63, 3.8) is 0 Å². The summed E-state index contributed by atoms with van der Waals surface area (Å²) in [6.45, 7) is 1.49. The van der Waals surface area contributed by atoms with Crippen molar-refractivity contribution in [1.82, 2.24) is 19.0 Å². The lowest BCUT2D eigenvalue weighted by Gasteiger charge is -2.31. The first-order valence-corrected chi connectivity index (χ1v) is 11.2. The van der Waals surface area contributed by atoms with Gasteiger partial charge in [-0.15, -0.1) is 0 Å². The Kier molecular flexibility index (Phi) is 5.66. The third kappa shape index (κ3) is 4.08. The maximum atomic E-state index is 12.9. The van der Waals surface area contributed by atoms with Crippen LogP contribution in [0.1, 0.15) is 32.7 Å². The van der Waals surface area contributed by atoms with Gasteiger partial charge in [0.15, 0.2) is 0 Å². The summed E-state index contributed by atoms with van der Waals surface area (Å²) in [4.78, 5) is 44.4. The van der Waals surface area contributed by atoms with Crippen LogP contribution in [0.2, 0.25) is 0 Å². The number of para-hydroxylation sites is 1. The van der Waals surface area contributed by atoms with Crippen LogP contribution in [0, 0.1) is 0 Å². The summed E-state index contributed by atoms with van der Waals surface area (Å²) in [6.07, 6.45) is 3.23. The third-order valence-electron chi connectivity index (χ3n) is 6.34. The average Bonchev–Trinajstić information content (AvgIpc) is 2.85. The van der Waals surface area contributed by atoms with E-state index in [1.165, 1.54) is 17.8 Å². The van der Waals surface area contributed by atoms with Crippen molar-refractivity contribution in [2.24, 2.45) is 14.1 Å². The second kappa shape index (κ2) is 8.81. The first-order valence-electron chi connectivity index (χ1n) is 11.2. The molecule has 0 bridgehead atoms. The highest BCUT2D eigenvalue weighted by Crippen LogP contribution is 2.34. The van der Waals surface area contributed by atoms with E-state index >= 15 is 0 Å². The van der Waals surface area contributed by atoms with Crippen LogP contribution >= 0.6 is 0 Å². The number of pyridine rings is 1. The average molecular weight is 469 g/mol. The van der Waals surface area contributed by atoms with Crippen LogP contribution in [-0.2, 0) is 27.2 Å². The minimum absolute atomic E-state index is 0.225. The van der Waals surface area contributed by atoms with Gasteiger partial charge in [0.25, 0.3) is 5.56 Å². The van der Waals surface area contributed by atoms with Gasteiger partial charge in [-0.1, -0.05) is 48.5 Å². The van der Waals surface area contributed by atoms with Crippen molar-refractivity contribution in [3.8, 4) is 0 Å². The van der Waals surface area contributed by atoms with Crippen LogP contribution < -0.4 is 11.2 Å². The molecule has 3 heterocycles. The molecule has 0 radical (unpaired) electrons. The lowest BCUT2D eigenvalue weighted by Crippen LogP contribution is -2.38. The van der Waals surface area contributed by atoms with Crippen molar-refractivity contribution in [2.45, 2.75) is 13.1 Å². The quantitative estimate of drug-likeness (QED) is 0.495. The lowest BCUT2D eigenvalue weighted by molar-refractivity contribution is 0.0696. The first-order chi connectivity index (χ1) is 16.8. The lowest BCUT2D eigenvalue weighted by atomic mass is 9.92. The van der Waals surface area contributed by atoms with Gasteiger partial charge >= 0.3 is 11.7 Å². The maximum Gasteiger partial charge on any atom is 0.336 e. The molecule has 0 saturated carbocycles. The molecule has 5 rings (SSSR count). The molecule has 0 aliphatic carbocycles. The van der Waals surface area contributed by atoms with E-state index in [9.17, 15) is 19.5 Å². The molecular formula is C27H24N4O4. The van der Waals surface area contributed by atoms with Gasteiger partial charge in [0, 0.05) is 50.9 Å². The van der Waals surface area contributed by atoms with Crippen molar-refractivity contribution < 1.29 is 9.90 Å². The summed E-state index contributed by atoms with van der Waals surface area (Å²) in [7, 11) is 3.03. The number of carboxylic acids is 1. The molecule has 0 fully saturated rings. The second-order valence-electron chi connectivity index (χ2n) is 8.78. The molecule has 1 N–H and O–H groups in total. The zero-order valence-corrected chi connectivity index (χ0v) is 19.4. The van der Waals surface area contributed by atoms with Crippen LogP contribution in [-0.4, -0.2) is 36.6 Å². The third-order valence-corrected chi connectivity index (χ3v) is 6.34. The molecular weight excluding hydrogens is 444 g/mol. The van der Waals surface area contributed by atoms with Gasteiger partial charge in [0.1, 0.15) is 0 Å².